The Morgan fingerprint density at radius 3 is 2.22 bits per heavy atom. The summed E-state index contributed by atoms with van der Waals surface area (Å²) in [6.45, 7) is 6.13. The number of carbonyl (C=O) groups is 1. The lowest BCUT2D eigenvalue weighted by Crippen LogP contribution is -2.52. The van der Waals surface area contributed by atoms with E-state index < -0.39 is 10.0 Å². The molecule has 8 nitrogen and oxygen atoms in total. The largest absolute Gasteiger partial charge is 0.490 e. The molecule has 1 fully saturated rings. The lowest BCUT2D eigenvalue weighted by molar-refractivity contribution is -0.131. The molecule has 0 unspecified atom stereocenters. The summed E-state index contributed by atoms with van der Waals surface area (Å²) < 4.78 is 38.3. The summed E-state index contributed by atoms with van der Waals surface area (Å²) >= 11 is 0. The van der Waals surface area contributed by atoms with Gasteiger partial charge >= 0.3 is 0 Å². The second-order valence-electron chi connectivity index (χ2n) is 5.79. The van der Waals surface area contributed by atoms with Crippen molar-refractivity contribution in [3.63, 3.8) is 0 Å². The summed E-state index contributed by atoms with van der Waals surface area (Å²) in [6, 6.07) is 4.65. The molecule has 27 heavy (non-hydrogen) atoms. The van der Waals surface area contributed by atoms with E-state index in [1.54, 1.807) is 18.0 Å². The molecule has 0 radical (unpaired) electrons. The molecule has 0 saturated carbocycles. The quantitative estimate of drug-likeness (QED) is 0.672. The van der Waals surface area contributed by atoms with Crippen molar-refractivity contribution in [1.29, 1.82) is 0 Å². The Morgan fingerprint density at radius 1 is 1.07 bits per heavy atom. The van der Waals surface area contributed by atoms with Crippen molar-refractivity contribution >= 4 is 28.3 Å². The van der Waals surface area contributed by atoms with Gasteiger partial charge in [0.05, 0.1) is 24.7 Å². The summed E-state index contributed by atoms with van der Waals surface area (Å²) in [5, 5.41) is 2.82. The molecule has 1 aromatic rings. The van der Waals surface area contributed by atoms with Crippen LogP contribution in [0.3, 0.4) is 0 Å². The Balaban J connectivity index is 0.00000364. The van der Waals surface area contributed by atoms with Gasteiger partial charge in [-0.05, 0) is 33.0 Å². The van der Waals surface area contributed by atoms with E-state index in [0.717, 1.165) is 0 Å². The maximum absolute atomic E-state index is 12.9. The first-order valence-electron chi connectivity index (χ1n) is 8.76. The highest BCUT2D eigenvalue weighted by Crippen LogP contribution is 2.31. The van der Waals surface area contributed by atoms with Crippen LogP contribution in [-0.2, 0) is 14.8 Å². The predicted molar refractivity (Wildman–Crippen MR) is 105 cm³/mol. The molecule has 1 heterocycles. The van der Waals surface area contributed by atoms with Gasteiger partial charge in [0.25, 0.3) is 0 Å². The zero-order valence-corrected chi connectivity index (χ0v) is 17.6. The van der Waals surface area contributed by atoms with E-state index in [1.807, 2.05) is 13.8 Å². The highest BCUT2D eigenvalue weighted by molar-refractivity contribution is 7.89. The fourth-order valence-corrected chi connectivity index (χ4v) is 4.22. The molecule has 2 rings (SSSR count). The lowest BCUT2D eigenvalue weighted by atomic mass is 10.3. The van der Waals surface area contributed by atoms with E-state index in [9.17, 15) is 13.2 Å². The Hall–Kier alpha value is -1.55. The van der Waals surface area contributed by atoms with Crippen molar-refractivity contribution in [1.82, 2.24) is 14.5 Å². The topological polar surface area (TPSA) is 88.2 Å². The van der Waals surface area contributed by atoms with Crippen LogP contribution in [-0.4, -0.2) is 76.5 Å². The minimum absolute atomic E-state index is 0. The number of piperazine rings is 1. The van der Waals surface area contributed by atoms with Crippen molar-refractivity contribution in [2.45, 2.75) is 18.7 Å². The van der Waals surface area contributed by atoms with Crippen LogP contribution in [0.25, 0.3) is 0 Å². The van der Waals surface area contributed by atoms with Gasteiger partial charge in [-0.1, -0.05) is 0 Å². The molecule has 0 aromatic heterocycles. The smallest absolute Gasteiger partial charge is 0.243 e. The first-order valence-corrected chi connectivity index (χ1v) is 10.2. The van der Waals surface area contributed by atoms with Gasteiger partial charge in [-0.3, -0.25) is 4.79 Å². The number of likely N-dealkylation sites (N-methyl/N-ethyl adjacent to an activating group) is 1. The SMILES string of the molecule is CCOc1ccc(S(=O)(=O)N2CCN(C(=O)CNC)CC2)cc1OCC.Cl. The molecule has 0 aliphatic carbocycles. The molecule has 1 aliphatic rings. The number of nitrogens with zero attached hydrogens (tertiary/aromatic N) is 2. The number of carbonyl (C=O) groups excluding carboxylic acids is 1. The fourth-order valence-electron chi connectivity index (χ4n) is 2.78. The van der Waals surface area contributed by atoms with Crippen molar-refractivity contribution < 1.29 is 22.7 Å². The van der Waals surface area contributed by atoms with Gasteiger partial charge in [0.2, 0.25) is 15.9 Å². The Bertz CT molecular complexity index is 721. The Kier molecular flexibility index (Phi) is 9.31. The monoisotopic (exact) mass is 421 g/mol. The number of amides is 1. The van der Waals surface area contributed by atoms with Gasteiger partial charge in [-0.2, -0.15) is 4.31 Å². The third-order valence-corrected chi connectivity index (χ3v) is 5.97. The molecule has 1 aliphatic heterocycles. The van der Waals surface area contributed by atoms with Crippen LogP contribution in [0, 0.1) is 0 Å². The van der Waals surface area contributed by atoms with Crippen LogP contribution in [0.4, 0.5) is 0 Å². The van der Waals surface area contributed by atoms with E-state index in [0.29, 0.717) is 37.8 Å². The number of hydrogen-bond donors (Lipinski definition) is 1. The van der Waals surface area contributed by atoms with Gasteiger partial charge in [-0.15, -0.1) is 12.4 Å². The molecule has 0 bridgehead atoms. The molecule has 1 N–H and O–H groups in total. The summed E-state index contributed by atoms with van der Waals surface area (Å²) in [7, 11) is -1.94. The van der Waals surface area contributed by atoms with Gasteiger partial charge < -0.3 is 19.7 Å². The Labute approximate surface area is 167 Å². The first kappa shape index (κ1) is 23.5. The number of nitrogens with one attached hydrogen (secondary N) is 1. The van der Waals surface area contributed by atoms with Crippen molar-refractivity contribution in [2.24, 2.45) is 0 Å². The van der Waals surface area contributed by atoms with E-state index in [1.165, 1.54) is 16.4 Å². The summed E-state index contributed by atoms with van der Waals surface area (Å²) in [5.41, 5.74) is 0. The number of halogens is 1. The Morgan fingerprint density at radius 2 is 1.67 bits per heavy atom. The molecule has 1 amide bonds. The summed E-state index contributed by atoms with van der Waals surface area (Å²) in [4.78, 5) is 13.7. The van der Waals surface area contributed by atoms with Crippen LogP contribution in [0.1, 0.15) is 13.8 Å². The number of sulfonamides is 1. The van der Waals surface area contributed by atoms with Crippen molar-refractivity contribution in [3.8, 4) is 11.5 Å². The average molecular weight is 422 g/mol. The molecule has 10 heteroatoms. The molecule has 1 saturated heterocycles. The third kappa shape index (κ3) is 5.71. The van der Waals surface area contributed by atoms with Crippen LogP contribution in [0.15, 0.2) is 23.1 Å². The lowest BCUT2D eigenvalue weighted by Gasteiger charge is -2.34. The summed E-state index contributed by atoms with van der Waals surface area (Å²) in [6.07, 6.45) is 0. The van der Waals surface area contributed by atoms with Gasteiger partial charge in [-0.25, -0.2) is 8.42 Å². The third-order valence-electron chi connectivity index (χ3n) is 4.07. The second-order valence-corrected chi connectivity index (χ2v) is 7.73. The average Bonchev–Trinajstić information content (AvgIpc) is 2.64. The van der Waals surface area contributed by atoms with Gasteiger partial charge in [0.15, 0.2) is 11.5 Å². The first-order chi connectivity index (χ1) is 12.4. The number of rotatable bonds is 8. The maximum Gasteiger partial charge on any atom is 0.243 e. The molecule has 0 atom stereocenters. The molecular formula is C17H28ClN3O5S. The van der Waals surface area contributed by atoms with Crippen LogP contribution < -0.4 is 14.8 Å². The molecule has 1 aromatic carbocycles. The van der Waals surface area contributed by atoms with E-state index in [4.69, 9.17) is 9.47 Å². The minimum Gasteiger partial charge on any atom is -0.490 e. The van der Waals surface area contributed by atoms with Crippen molar-refractivity contribution in [3.05, 3.63) is 18.2 Å². The van der Waals surface area contributed by atoms with Crippen LogP contribution in [0.2, 0.25) is 0 Å². The van der Waals surface area contributed by atoms with Gasteiger partial charge in [0.1, 0.15) is 0 Å². The second kappa shape index (κ2) is 10.7. The van der Waals surface area contributed by atoms with Crippen molar-refractivity contribution in [2.75, 3.05) is 53.0 Å². The number of ether oxygens (including phenoxy) is 2. The molecule has 0 spiro atoms. The minimum atomic E-state index is -3.65. The van der Waals surface area contributed by atoms with E-state index in [2.05, 4.69) is 5.32 Å². The van der Waals surface area contributed by atoms with E-state index in [-0.39, 0.29) is 42.8 Å². The fraction of sp³-hybridized carbons (Fsp3) is 0.588. The molecular weight excluding hydrogens is 394 g/mol. The molecule has 154 valence electrons. The van der Waals surface area contributed by atoms with Crippen LogP contribution >= 0.6 is 12.4 Å². The maximum atomic E-state index is 12.9. The zero-order valence-electron chi connectivity index (χ0n) is 15.9. The standard InChI is InChI=1S/C17H27N3O5S.ClH/c1-4-24-15-7-6-14(12-16(15)25-5-2)26(22,23)20-10-8-19(9-11-20)17(21)13-18-3;/h6-7,12,18H,4-5,8-11,13H2,1-3H3;1H. The summed E-state index contributed by atoms with van der Waals surface area (Å²) in [5.74, 6) is 0.915. The predicted octanol–water partition coefficient (Wildman–Crippen LogP) is 0.958. The number of hydrogen-bond acceptors (Lipinski definition) is 6. The number of benzene rings is 1. The highest BCUT2D eigenvalue weighted by atomic mass is 35.5. The van der Waals surface area contributed by atoms with Gasteiger partial charge in [0, 0.05) is 32.2 Å². The van der Waals surface area contributed by atoms with E-state index >= 15 is 0 Å². The zero-order chi connectivity index (χ0) is 19.2. The highest BCUT2D eigenvalue weighted by Gasteiger charge is 2.30. The normalized spacial score (nSPS) is 15.1. The van der Waals surface area contributed by atoms with Crippen LogP contribution in [0.5, 0.6) is 11.5 Å².